The molecule has 1 aromatic carbocycles. The van der Waals surface area contributed by atoms with Gasteiger partial charge in [0.05, 0.1) is 5.69 Å². The predicted octanol–water partition coefficient (Wildman–Crippen LogP) is 3.87. The fourth-order valence-electron chi connectivity index (χ4n) is 2.43. The molecule has 0 saturated carbocycles. The molecule has 5 heteroatoms. The average molecular weight is 351 g/mol. The van der Waals surface area contributed by atoms with Crippen molar-refractivity contribution >= 4 is 38.3 Å². The van der Waals surface area contributed by atoms with Crippen molar-refractivity contribution < 1.29 is 4.79 Å². The maximum absolute atomic E-state index is 12.1. The van der Waals surface area contributed by atoms with E-state index in [9.17, 15) is 4.79 Å². The minimum absolute atomic E-state index is 0.183. The van der Waals surface area contributed by atoms with Crippen molar-refractivity contribution in [2.24, 2.45) is 5.92 Å². The Bertz CT molecular complexity index is 626. The molecule has 1 aliphatic rings. The molecule has 20 heavy (non-hydrogen) atoms. The van der Waals surface area contributed by atoms with Gasteiger partial charge in [-0.3, -0.25) is 9.69 Å². The summed E-state index contributed by atoms with van der Waals surface area (Å²) in [5.74, 6) is 0.578. The van der Waals surface area contributed by atoms with E-state index in [1.807, 2.05) is 23.1 Å². The van der Waals surface area contributed by atoms with Crippen molar-refractivity contribution in [3.8, 4) is 11.3 Å². The molecule has 0 spiro atoms. The highest BCUT2D eigenvalue weighted by atomic mass is 79.9. The first-order valence-corrected chi connectivity index (χ1v) is 8.52. The normalized spacial score (nSPS) is 18.8. The number of nitrogens with zero attached hydrogens (tertiary/aromatic N) is 2. The van der Waals surface area contributed by atoms with Crippen LogP contribution in [0, 0.1) is 12.8 Å². The lowest BCUT2D eigenvalue weighted by atomic mass is 10.1. The van der Waals surface area contributed by atoms with Crippen LogP contribution in [0.25, 0.3) is 11.3 Å². The van der Waals surface area contributed by atoms with Crippen LogP contribution in [-0.2, 0) is 4.79 Å². The highest BCUT2D eigenvalue weighted by Gasteiger charge is 2.32. The minimum Gasteiger partial charge on any atom is -0.288 e. The van der Waals surface area contributed by atoms with Crippen LogP contribution in [0.3, 0.4) is 0 Å². The molecule has 2 aromatic rings. The SMILES string of the molecule is Cc1sc(N2CC(CBr)CC2=O)nc1-c1ccccc1. The molecule has 104 valence electrons. The van der Waals surface area contributed by atoms with E-state index in [1.165, 1.54) is 0 Å². The highest BCUT2D eigenvalue weighted by molar-refractivity contribution is 9.09. The number of anilines is 1. The third-order valence-electron chi connectivity index (χ3n) is 3.49. The Morgan fingerprint density at radius 2 is 2.15 bits per heavy atom. The summed E-state index contributed by atoms with van der Waals surface area (Å²) in [5, 5.41) is 1.69. The molecular formula is C15H15BrN2OS. The second-order valence-corrected chi connectivity index (χ2v) is 6.83. The molecule has 1 unspecified atom stereocenters. The van der Waals surface area contributed by atoms with Gasteiger partial charge in [-0.1, -0.05) is 46.3 Å². The number of hydrogen-bond donors (Lipinski definition) is 0. The third-order valence-corrected chi connectivity index (χ3v) is 5.40. The van der Waals surface area contributed by atoms with Crippen LogP contribution in [0.5, 0.6) is 0 Å². The van der Waals surface area contributed by atoms with Gasteiger partial charge in [-0.15, -0.1) is 11.3 Å². The van der Waals surface area contributed by atoms with Gasteiger partial charge in [-0.2, -0.15) is 0 Å². The first-order valence-electron chi connectivity index (χ1n) is 6.58. The molecule has 1 fully saturated rings. The molecule has 1 atom stereocenters. The van der Waals surface area contributed by atoms with Crippen LogP contribution in [-0.4, -0.2) is 22.8 Å². The smallest absolute Gasteiger partial charge is 0.229 e. The topological polar surface area (TPSA) is 33.2 Å². The molecule has 0 N–H and O–H groups in total. The fraction of sp³-hybridized carbons (Fsp3) is 0.333. The van der Waals surface area contributed by atoms with E-state index in [-0.39, 0.29) is 5.91 Å². The fourth-order valence-corrected chi connectivity index (χ4v) is 3.82. The van der Waals surface area contributed by atoms with Crippen LogP contribution in [0.4, 0.5) is 5.13 Å². The summed E-state index contributed by atoms with van der Waals surface area (Å²) < 4.78 is 0. The zero-order valence-corrected chi connectivity index (χ0v) is 13.6. The monoisotopic (exact) mass is 350 g/mol. The Kier molecular flexibility index (Phi) is 3.89. The zero-order chi connectivity index (χ0) is 14.1. The second-order valence-electron chi connectivity index (χ2n) is 5.00. The molecule has 3 nitrogen and oxygen atoms in total. The van der Waals surface area contributed by atoms with Crippen LogP contribution in [0.15, 0.2) is 30.3 Å². The van der Waals surface area contributed by atoms with Gasteiger partial charge in [0.25, 0.3) is 0 Å². The van der Waals surface area contributed by atoms with E-state index in [2.05, 4.69) is 40.0 Å². The molecule has 1 amide bonds. The molecule has 1 aliphatic heterocycles. The molecule has 1 aromatic heterocycles. The number of halogens is 1. The van der Waals surface area contributed by atoms with Gasteiger partial charge in [0.1, 0.15) is 0 Å². The Morgan fingerprint density at radius 1 is 1.40 bits per heavy atom. The van der Waals surface area contributed by atoms with Crippen LogP contribution >= 0.6 is 27.3 Å². The Hall–Kier alpha value is -1.20. The largest absolute Gasteiger partial charge is 0.288 e. The lowest BCUT2D eigenvalue weighted by Gasteiger charge is -2.11. The summed E-state index contributed by atoms with van der Waals surface area (Å²) in [6, 6.07) is 10.1. The average Bonchev–Trinajstić information content (AvgIpc) is 3.02. The van der Waals surface area contributed by atoms with Crippen LogP contribution in [0.2, 0.25) is 0 Å². The quantitative estimate of drug-likeness (QED) is 0.787. The van der Waals surface area contributed by atoms with Crippen molar-refractivity contribution in [3.05, 3.63) is 35.2 Å². The van der Waals surface area contributed by atoms with E-state index in [0.717, 1.165) is 33.1 Å². The first kappa shape index (κ1) is 13.8. The number of carbonyl (C=O) groups is 1. The molecule has 0 bridgehead atoms. The van der Waals surface area contributed by atoms with E-state index < -0.39 is 0 Å². The second kappa shape index (κ2) is 5.66. The van der Waals surface area contributed by atoms with Crippen molar-refractivity contribution in [2.75, 3.05) is 16.8 Å². The van der Waals surface area contributed by atoms with E-state index in [0.29, 0.717) is 12.3 Å². The summed E-state index contributed by atoms with van der Waals surface area (Å²) in [7, 11) is 0. The summed E-state index contributed by atoms with van der Waals surface area (Å²) in [6.07, 6.45) is 0.616. The molecule has 2 heterocycles. The van der Waals surface area contributed by atoms with Gasteiger partial charge in [-0.25, -0.2) is 4.98 Å². The number of aromatic nitrogens is 1. The Balaban J connectivity index is 1.92. The number of carbonyl (C=O) groups excluding carboxylic acids is 1. The summed E-state index contributed by atoms with van der Waals surface area (Å²) >= 11 is 5.07. The van der Waals surface area contributed by atoms with E-state index in [4.69, 9.17) is 0 Å². The predicted molar refractivity (Wildman–Crippen MR) is 86.5 cm³/mol. The van der Waals surface area contributed by atoms with Crippen molar-refractivity contribution in [1.82, 2.24) is 4.98 Å². The summed E-state index contributed by atoms with van der Waals surface area (Å²) in [6.45, 7) is 2.83. The lowest BCUT2D eigenvalue weighted by Crippen LogP contribution is -2.24. The highest BCUT2D eigenvalue weighted by Crippen LogP contribution is 2.35. The number of benzene rings is 1. The van der Waals surface area contributed by atoms with Crippen molar-refractivity contribution in [2.45, 2.75) is 13.3 Å². The molecule has 3 rings (SSSR count). The molecule has 0 radical (unpaired) electrons. The van der Waals surface area contributed by atoms with Gasteiger partial charge in [0.15, 0.2) is 5.13 Å². The number of amides is 1. The lowest BCUT2D eigenvalue weighted by molar-refractivity contribution is -0.117. The third kappa shape index (κ3) is 2.52. The molecular weight excluding hydrogens is 336 g/mol. The van der Waals surface area contributed by atoms with Gasteiger partial charge in [0.2, 0.25) is 5.91 Å². The van der Waals surface area contributed by atoms with Crippen LogP contribution in [0.1, 0.15) is 11.3 Å². The zero-order valence-electron chi connectivity index (χ0n) is 11.2. The number of alkyl halides is 1. The van der Waals surface area contributed by atoms with Gasteiger partial charge >= 0.3 is 0 Å². The Morgan fingerprint density at radius 3 is 2.80 bits per heavy atom. The van der Waals surface area contributed by atoms with Crippen molar-refractivity contribution in [1.29, 1.82) is 0 Å². The molecule has 1 saturated heterocycles. The standard InChI is InChI=1S/C15H15BrN2OS/c1-10-14(12-5-3-2-4-6-12)17-15(20-10)18-9-11(8-16)7-13(18)19/h2-6,11H,7-9H2,1H3. The molecule has 0 aliphatic carbocycles. The van der Waals surface area contributed by atoms with Gasteiger partial charge in [0, 0.05) is 28.7 Å². The van der Waals surface area contributed by atoms with E-state index >= 15 is 0 Å². The van der Waals surface area contributed by atoms with Gasteiger partial charge < -0.3 is 0 Å². The van der Waals surface area contributed by atoms with Gasteiger partial charge in [-0.05, 0) is 12.8 Å². The number of thiazole rings is 1. The van der Waals surface area contributed by atoms with Crippen molar-refractivity contribution in [3.63, 3.8) is 0 Å². The first-order chi connectivity index (χ1) is 9.69. The minimum atomic E-state index is 0.183. The maximum Gasteiger partial charge on any atom is 0.229 e. The number of aryl methyl sites for hydroxylation is 1. The van der Waals surface area contributed by atoms with Crippen LogP contribution < -0.4 is 4.90 Å². The number of hydrogen-bond acceptors (Lipinski definition) is 3. The summed E-state index contributed by atoms with van der Waals surface area (Å²) in [4.78, 5) is 19.7. The summed E-state index contributed by atoms with van der Waals surface area (Å²) in [5.41, 5.74) is 2.09. The number of rotatable bonds is 3. The Labute approximate surface area is 130 Å². The maximum atomic E-state index is 12.1. The van der Waals surface area contributed by atoms with E-state index in [1.54, 1.807) is 11.3 Å².